The van der Waals surface area contributed by atoms with Gasteiger partial charge in [-0.2, -0.15) is 0 Å². The van der Waals surface area contributed by atoms with Gasteiger partial charge in [0.1, 0.15) is 5.01 Å². The number of benzene rings is 1. The van der Waals surface area contributed by atoms with Crippen molar-refractivity contribution in [3.63, 3.8) is 0 Å². The molecule has 27 heavy (non-hydrogen) atoms. The van der Waals surface area contributed by atoms with Crippen LogP contribution in [0.2, 0.25) is 0 Å². The van der Waals surface area contributed by atoms with E-state index in [0.717, 1.165) is 34.5 Å². The molecular formula is C20H24IN5S. The van der Waals surface area contributed by atoms with Gasteiger partial charge in [-0.25, -0.2) is 9.98 Å². The maximum Gasteiger partial charge on any atom is 0.191 e. The van der Waals surface area contributed by atoms with Crippen LogP contribution in [0, 0.1) is 6.92 Å². The molecule has 0 bridgehead atoms. The molecule has 0 aliphatic carbocycles. The second-order valence-corrected chi connectivity index (χ2v) is 6.85. The summed E-state index contributed by atoms with van der Waals surface area (Å²) in [5.41, 5.74) is 3.16. The Hall–Kier alpha value is -2.00. The Morgan fingerprint density at radius 3 is 2.56 bits per heavy atom. The molecule has 0 spiro atoms. The number of hydrogen-bond donors (Lipinski definition) is 2. The summed E-state index contributed by atoms with van der Waals surface area (Å²) >= 11 is 1.72. The minimum absolute atomic E-state index is 0. The van der Waals surface area contributed by atoms with Crippen molar-refractivity contribution in [2.24, 2.45) is 4.99 Å². The zero-order chi connectivity index (χ0) is 18.2. The smallest absolute Gasteiger partial charge is 0.191 e. The molecule has 1 aromatic carbocycles. The minimum Gasteiger partial charge on any atom is -0.357 e. The first-order valence-corrected chi connectivity index (χ1v) is 9.51. The van der Waals surface area contributed by atoms with E-state index in [2.05, 4.69) is 46.6 Å². The number of pyridine rings is 1. The van der Waals surface area contributed by atoms with Gasteiger partial charge in [0.2, 0.25) is 0 Å². The second-order valence-electron chi connectivity index (χ2n) is 5.76. The number of halogens is 1. The molecule has 7 heteroatoms. The van der Waals surface area contributed by atoms with E-state index in [1.165, 1.54) is 4.88 Å². The highest BCUT2D eigenvalue weighted by Crippen LogP contribution is 2.27. The summed E-state index contributed by atoms with van der Waals surface area (Å²) in [5.74, 6) is 0.784. The summed E-state index contributed by atoms with van der Waals surface area (Å²) in [7, 11) is 0. The third-order valence-corrected chi connectivity index (χ3v) is 5.01. The van der Waals surface area contributed by atoms with Gasteiger partial charge in [0.05, 0.1) is 24.5 Å². The van der Waals surface area contributed by atoms with E-state index in [4.69, 9.17) is 4.98 Å². The highest BCUT2D eigenvalue weighted by atomic mass is 127. The van der Waals surface area contributed by atoms with Crippen LogP contribution in [0.3, 0.4) is 0 Å². The molecular weight excluding hydrogens is 469 g/mol. The number of hydrogen-bond acceptors (Lipinski definition) is 4. The van der Waals surface area contributed by atoms with Crippen molar-refractivity contribution in [3.05, 3.63) is 71.0 Å². The van der Waals surface area contributed by atoms with Crippen LogP contribution in [0.5, 0.6) is 0 Å². The lowest BCUT2D eigenvalue weighted by molar-refractivity contribution is 0.814. The van der Waals surface area contributed by atoms with Crippen molar-refractivity contribution in [2.75, 3.05) is 6.54 Å². The van der Waals surface area contributed by atoms with Crippen LogP contribution in [0.15, 0.2) is 59.7 Å². The Morgan fingerprint density at radius 2 is 1.85 bits per heavy atom. The fraction of sp³-hybridized carbons (Fsp3) is 0.250. The van der Waals surface area contributed by atoms with Crippen LogP contribution in [0.1, 0.15) is 23.2 Å². The second kappa shape index (κ2) is 11.0. The first-order chi connectivity index (χ1) is 12.8. The molecule has 3 aromatic rings. The zero-order valence-corrected chi connectivity index (χ0v) is 18.6. The molecule has 142 valence electrons. The molecule has 0 atom stereocenters. The summed E-state index contributed by atoms with van der Waals surface area (Å²) in [6.07, 6.45) is 1.79. The van der Waals surface area contributed by atoms with Crippen molar-refractivity contribution in [1.82, 2.24) is 20.6 Å². The average molecular weight is 493 g/mol. The number of guanidine groups is 1. The molecule has 3 rings (SSSR count). The lowest BCUT2D eigenvalue weighted by Gasteiger charge is -2.10. The number of nitrogens with zero attached hydrogens (tertiary/aromatic N) is 3. The molecule has 0 aliphatic rings. The van der Waals surface area contributed by atoms with Gasteiger partial charge in [0, 0.05) is 23.2 Å². The third kappa shape index (κ3) is 6.28. The summed E-state index contributed by atoms with van der Waals surface area (Å²) in [6, 6.07) is 16.1. The maximum atomic E-state index is 4.71. The van der Waals surface area contributed by atoms with E-state index in [0.29, 0.717) is 13.1 Å². The van der Waals surface area contributed by atoms with E-state index >= 15 is 0 Å². The number of aliphatic imine (C=N–C) groups is 1. The molecule has 2 heterocycles. The van der Waals surface area contributed by atoms with Crippen LogP contribution in [-0.4, -0.2) is 22.5 Å². The highest BCUT2D eigenvalue weighted by molar-refractivity contribution is 14.0. The fourth-order valence-electron chi connectivity index (χ4n) is 2.45. The molecule has 2 aromatic heterocycles. The molecule has 5 nitrogen and oxygen atoms in total. The van der Waals surface area contributed by atoms with Gasteiger partial charge in [-0.3, -0.25) is 4.98 Å². The molecule has 0 amide bonds. The maximum absolute atomic E-state index is 4.71. The summed E-state index contributed by atoms with van der Waals surface area (Å²) in [5, 5.41) is 7.72. The normalized spacial score (nSPS) is 11.0. The Labute approximate surface area is 181 Å². The third-order valence-electron chi connectivity index (χ3n) is 3.80. The van der Waals surface area contributed by atoms with Crippen LogP contribution in [-0.2, 0) is 13.1 Å². The lowest BCUT2D eigenvalue weighted by Crippen LogP contribution is -2.36. The van der Waals surface area contributed by atoms with E-state index in [1.807, 2.05) is 36.4 Å². The van der Waals surface area contributed by atoms with E-state index in [1.54, 1.807) is 17.5 Å². The first-order valence-electron chi connectivity index (χ1n) is 8.70. The molecule has 0 radical (unpaired) electrons. The summed E-state index contributed by atoms with van der Waals surface area (Å²) in [4.78, 5) is 14.8. The van der Waals surface area contributed by atoms with Gasteiger partial charge in [0.15, 0.2) is 5.96 Å². The van der Waals surface area contributed by atoms with Gasteiger partial charge in [-0.05, 0) is 26.0 Å². The molecule has 0 fully saturated rings. The van der Waals surface area contributed by atoms with Gasteiger partial charge in [0.25, 0.3) is 0 Å². The molecule has 0 unspecified atom stereocenters. The average Bonchev–Trinajstić information content (AvgIpc) is 3.06. The number of nitrogens with one attached hydrogen (secondary N) is 2. The summed E-state index contributed by atoms with van der Waals surface area (Å²) < 4.78 is 0. The molecule has 0 saturated carbocycles. The van der Waals surface area contributed by atoms with Crippen molar-refractivity contribution in [1.29, 1.82) is 0 Å². The van der Waals surface area contributed by atoms with Crippen molar-refractivity contribution in [2.45, 2.75) is 26.9 Å². The van der Waals surface area contributed by atoms with E-state index in [9.17, 15) is 0 Å². The quantitative estimate of drug-likeness (QED) is 0.304. The number of aryl methyl sites for hydroxylation is 1. The van der Waals surface area contributed by atoms with Gasteiger partial charge < -0.3 is 10.6 Å². The number of aromatic nitrogens is 2. The standard InChI is InChI=1S/C20H23N5S.HI/c1-3-21-20(23-13-17-11-7-8-12-22-17)24-14-18-15(2)25-19(26-18)16-9-5-4-6-10-16;/h4-12H,3,13-14H2,1-2H3,(H2,21,23,24);1H. The number of thiazole rings is 1. The topological polar surface area (TPSA) is 62.2 Å². The number of rotatable bonds is 6. The Bertz CT molecular complexity index is 849. The minimum atomic E-state index is 0. The van der Waals surface area contributed by atoms with Crippen molar-refractivity contribution < 1.29 is 0 Å². The predicted molar refractivity (Wildman–Crippen MR) is 124 cm³/mol. The van der Waals surface area contributed by atoms with Gasteiger partial charge in [-0.15, -0.1) is 35.3 Å². The lowest BCUT2D eigenvalue weighted by atomic mass is 10.2. The van der Waals surface area contributed by atoms with Crippen LogP contribution in [0.4, 0.5) is 0 Å². The van der Waals surface area contributed by atoms with E-state index < -0.39 is 0 Å². The first kappa shape index (κ1) is 21.3. The van der Waals surface area contributed by atoms with Crippen molar-refractivity contribution >= 4 is 41.3 Å². The Morgan fingerprint density at radius 1 is 1.07 bits per heavy atom. The largest absolute Gasteiger partial charge is 0.357 e. The summed E-state index contributed by atoms with van der Waals surface area (Å²) in [6.45, 7) is 6.17. The van der Waals surface area contributed by atoms with Crippen LogP contribution >= 0.6 is 35.3 Å². The zero-order valence-electron chi connectivity index (χ0n) is 15.5. The van der Waals surface area contributed by atoms with Crippen LogP contribution in [0.25, 0.3) is 10.6 Å². The highest BCUT2D eigenvalue weighted by Gasteiger charge is 2.09. The fourth-order valence-corrected chi connectivity index (χ4v) is 3.46. The van der Waals surface area contributed by atoms with Crippen molar-refractivity contribution in [3.8, 4) is 10.6 Å². The molecule has 0 saturated heterocycles. The van der Waals surface area contributed by atoms with Gasteiger partial charge in [-0.1, -0.05) is 36.4 Å². The molecule has 0 aliphatic heterocycles. The monoisotopic (exact) mass is 493 g/mol. The Balaban J connectivity index is 0.00000261. The van der Waals surface area contributed by atoms with E-state index in [-0.39, 0.29) is 24.0 Å². The predicted octanol–water partition coefficient (Wildman–Crippen LogP) is 4.39. The SMILES string of the molecule is CCNC(=NCc1ccccn1)NCc1sc(-c2ccccc2)nc1C.I. The Kier molecular flexibility index (Phi) is 8.66. The van der Waals surface area contributed by atoms with Gasteiger partial charge >= 0.3 is 0 Å². The molecule has 2 N–H and O–H groups in total. The van der Waals surface area contributed by atoms with Crippen LogP contribution < -0.4 is 10.6 Å².